The van der Waals surface area contributed by atoms with Crippen LogP contribution in [0.1, 0.15) is 11.1 Å². The molecule has 176 valence electrons. The molecular weight excluding hydrogens is 517 g/mol. The van der Waals surface area contributed by atoms with Crippen LogP contribution in [0.25, 0.3) is 0 Å². The minimum Gasteiger partial charge on any atom is -0.508 e. The van der Waals surface area contributed by atoms with Crippen LogP contribution in [-0.4, -0.2) is 28.9 Å². The summed E-state index contributed by atoms with van der Waals surface area (Å²) in [6.45, 7) is 0. The largest absolute Gasteiger partial charge is 0.508 e. The Labute approximate surface area is 208 Å². The Hall–Kier alpha value is -3.56. The highest BCUT2D eigenvalue weighted by molar-refractivity contribution is 9.10. The quantitative estimate of drug-likeness (QED) is 0.446. The third kappa shape index (κ3) is 3.15. The number of nitrogens with one attached hydrogen (secondary N) is 2. The van der Waals surface area contributed by atoms with Crippen molar-refractivity contribution in [3.8, 4) is 5.75 Å². The lowest BCUT2D eigenvalue weighted by Gasteiger charge is -2.29. The van der Waals surface area contributed by atoms with Crippen molar-refractivity contribution in [2.45, 2.75) is 18.0 Å². The first kappa shape index (κ1) is 21.9. The van der Waals surface area contributed by atoms with E-state index in [1.807, 2.05) is 0 Å². The summed E-state index contributed by atoms with van der Waals surface area (Å²) in [7, 11) is 0. The van der Waals surface area contributed by atoms with Crippen molar-refractivity contribution in [1.29, 1.82) is 0 Å². The lowest BCUT2D eigenvalue weighted by Crippen LogP contribution is -2.53. The predicted octanol–water partition coefficient (Wildman–Crippen LogP) is 3.46. The second kappa shape index (κ2) is 7.73. The molecule has 3 aromatic rings. The normalized spacial score (nSPS) is 26.9. The van der Waals surface area contributed by atoms with Crippen LogP contribution in [0, 0.1) is 17.7 Å². The Morgan fingerprint density at radius 1 is 1.00 bits per heavy atom. The Kier molecular flexibility index (Phi) is 4.84. The maximum atomic E-state index is 14.4. The van der Waals surface area contributed by atoms with E-state index in [-0.39, 0.29) is 5.75 Å². The van der Waals surface area contributed by atoms with E-state index in [0.717, 1.165) is 10.5 Å². The molecule has 2 saturated heterocycles. The lowest BCUT2D eigenvalue weighted by atomic mass is 9.76. The molecular formula is C26H19BrFN3O4. The molecule has 9 heteroatoms. The molecule has 4 atom stereocenters. The SMILES string of the molecule is O=C1[C@H]2[C@@H](C(=O)N1c1cccc(Br)c1)[C@]1(N[C@@H]2Cc2ccc(O)cc2)C(=O)Nc2ccc(F)cc21. The molecule has 0 bridgehead atoms. The minimum atomic E-state index is -1.59. The van der Waals surface area contributed by atoms with Crippen LogP contribution in [0.15, 0.2) is 71.2 Å². The van der Waals surface area contributed by atoms with E-state index in [4.69, 9.17) is 0 Å². The van der Waals surface area contributed by atoms with Crippen LogP contribution < -0.4 is 15.5 Å². The number of anilines is 2. The van der Waals surface area contributed by atoms with Gasteiger partial charge in [0, 0.05) is 21.8 Å². The molecule has 0 unspecified atom stereocenters. The van der Waals surface area contributed by atoms with Gasteiger partial charge in [-0.3, -0.25) is 19.7 Å². The van der Waals surface area contributed by atoms with Crippen molar-refractivity contribution in [3.63, 3.8) is 0 Å². The van der Waals surface area contributed by atoms with E-state index in [2.05, 4.69) is 26.6 Å². The van der Waals surface area contributed by atoms with E-state index in [1.165, 1.54) is 18.2 Å². The van der Waals surface area contributed by atoms with Crippen molar-refractivity contribution in [1.82, 2.24) is 5.32 Å². The Morgan fingerprint density at radius 3 is 2.51 bits per heavy atom. The smallest absolute Gasteiger partial charge is 0.250 e. The van der Waals surface area contributed by atoms with Gasteiger partial charge in [-0.1, -0.05) is 34.1 Å². The Morgan fingerprint density at radius 2 is 1.77 bits per heavy atom. The number of fused-ring (bicyclic) bond motifs is 4. The van der Waals surface area contributed by atoms with Gasteiger partial charge in [-0.15, -0.1) is 0 Å². The molecule has 3 amide bonds. The number of hydrogen-bond donors (Lipinski definition) is 3. The first-order chi connectivity index (χ1) is 16.8. The zero-order valence-corrected chi connectivity index (χ0v) is 19.8. The first-order valence-electron chi connectivity index (χ1n) is 11.1. The molecule has 0 aromatic heterocycles. The maximum Gasteiger partial charge on any atom is 0.250 e. The van der Waals surface area contributed by atoms with Crippen molar-refractivity contribution in [3.05, 3.63) is 88.1 Å². The van der Waals surface area contributed by atoms with Gasteiger partial charge < -0.3 is 10.4 Å². The maximum absolute atomic E-state index is 14.4. The van der Waals surface area contributed by atoms with Crippen molar-refractivity contribution >= 4 is 45.0 Å². The summed E-state index contributed by atoms with van der Waals surface area (Å²) in [6.07, 6.45) is 0.326. The van der Waals surface area contributed by atoms with E-state index >= 15 is 0 Å². The van der Waals surface area contributed by atoms with Crippen LogP contribution in [0.2, 0.25) is 0 Å². The second-order valence-corrected chi connectivity index (χ2v) is 9.98. The summed E-state index contributed by atoms with van der Waals surface area (Å²) in [5, 5.41) is 15.7. The number of carbonyl (C=O) groups is 3. The molecule has 2 fully saturated rings. The fourth-order valence-electron chi connectivity index (χ4n) is 5.70. The van der Waals surface area contributed by atoms with Gasteiger partial charge in [0.25, 0.3) is 0 Å². The summed E-state index contributed by atoms with van der Waals surface area (Å²) in [4.78, 5) is 42.3. The number of phenols is 1. The van der Waals surface area contributed by atoms with Gasteiger partial charge >= 0.3 is 0 Å². The monoisotopic (exact) mass is 535 g/mol. The molecule has 3 aliphatic rings. The lowest BCUT2D eigenvalue weighted by molar-refractivity contribution is -0.130. The summed E-state index contributed by atoms with van der Waals surface area (Å²) >= 11 is 3.38. The summed E-state index contributed by atoms with van der Waals surface area (Å²) in [6, 6.07) is 16.8. The van der Waals surface area contributed by atoms with Crippen LogP contribution in [0.5, 0.6) is 5.75 Å². The number of halogens is 2. The molecule has 3 heterocycles. The number of phenolic OH excluding ortho intramolecular Hbond substituents is 1. The predicted molar refractivity (Wildman–Crippen MR) is 129 cm³/mol. The summed E-state index contributed by atoms with van der Waals surface area (Å²) in [5.41, 5.74) is 0.365. The van der Waals surface area contributed by atoms with Gasteiger partial charge in [-0.05, 0) is 60.5 Å². The zero-order chi connectivity index (χ0) is 24.5. The molecule has 3 N–H and O–H groups in total. The standard InChI is InChI=1S/C26H19BrFN3O4/c27-14-2-1-3-16(11-14)31-23(33)21-20(10-13-4-7-17(32)8-5-13)30-26(22(21)24(31)34)18-12-15(28)6-9-19(18)29-25(26)35/h1-9,11-12,20-22,30,32H,10H2,(H,29,35)/t20-,21-,22+,26+/m1/s1. The van der Waals surface area contributed by atoms with Gasteiger partial charge in [0.2, 0.25) is 17.7 Å². The molecule has 35 heavy (non-hydrogen) atoms. The van der Waals surface area contributed by atoms with Crippen LogP contribution in [0.4, 0.5) is 15.8 Å². The van der Waals surface area contributed by atoms with E-state index in [1.54, 1.807) is 48.5 Å². The zero-order valence-electron chi connectivity index (χ0n) is 18.2. The molecule has 3 aliphatic heterocycles. The molecule has 0 radical (unpaired) electrons. The molecule has 3 aromatic carbocycles. The first-order valence-corrected chi connectivity index (χ1v) is 11.9. The number of benzene rings is 3. The number of rotatable bonds is 3. The van der Waals surface area contributed by atoms with E-state index < -0.39 is 47.0 Å². The second-order valence-electron chi connectivity index (χ2n) is 9.07. The Balaban J connectivity index is 1.50. The highest BCUT2D eigenvalue weighted by Crippen LogP contribution is 2.54. The van der Waals surface area contributed by atoms with Crippen LogP contribution in [-0.2, 0) is 26.3 Å². The van der Waals surface area contributed by atoms with Gasteiger partial charge in [-0.2, -0.15) is 0 Å². The molecule has 1 spiro atoms. The summed E-state index contributed by atoms with van der Waals surface area (Å²) < 4.78 is 15.1. The summed E-state index contributed by atoms with van der Waals surface area (Å²) in [5.74, 6) is -3.75. The number of imide groups is 1. The third-order valence-corrected chi connectivity index (χ3v) is 7.63. The van der Waals surface area contributed by atoms with Crippen LogP contribution >= 0.6 is 15.9 Å². The molecule has 0 saturated carbocycles. The third-order valence-electron chi connectivity index (χ3n) is 7.14. The van der Waals surface area contributed by atoms with Crippen molar-refractivity contribution < 1.29 is 23.9 Å². The average Bonchev–Trinajstić information content (AvgIpc) is 3.40. The van der Waals surface area contributed by atoms with Gasteiger partial charge in [0.15, 0.2) is 0 Å². The Bertz CT molecular complexity index is 1410. The molecule has 6 rings (SSSR count). The van der Waals surface area contributed by atoms with Crippen molar-refractivity contribution in [2.24, 2.45) is 11.8 Å². The fourth-order valence-corrected chi connectivity index (χ4v) is 6.09. The van der Waals surface area contributed by atoms with Crippen LogP contribution in [0.3, 0.4) is 0 Å². The van der Waals surface area contributed by atoms with E-state index in [9.17, 15) is 23.9 Å². The van der Waals surface area contributed by atoms with Gasteiger partial charge in [0.1, 0.15) is 17.1 Å². The number of hydrogen-bond acceptors (Lipinski definition) is 5. The minimum absolute atomic E-state index is 0.106. The van der Waals surface area contributed by atoms with Crippen molar-refractivity contribution in [2.75, 3.05) is 10.2 Å². The van der Waals surface area contributed by atoms with E-state index in [0.29, 0.717) is 27.8 Å². The number of aromatic hydroxyl groups is 1. The topological polar surface area (TPSA) is 98.7 Å². The molecule has 0 aliphatic carbocycles. The molecule has 7 nitrogen and oxygen atoms in total. The number of nitrogens with zero attached hydrogens (tertiary/aromatic N) is 1. The number of amides is 3. The fraction of sp³-hybridized carbons (Fsp3) is 0.192. The number of carbonyl (C=O) groups excluding carboxylic acids is 3. The average molecular weight is 536 g/mol. The van der Waals surface area contributed by atoms with Gasteiger partial charge in [0.05, 0.1) is 17.5 Å². The van der Waals surface area contributed by atoms with Gasteiger partial charge in [-0.25, -0.2) is 9.29 Å². The highest BCUT2D eigenvalue weighted by Gasteiger charge is 2.70. The highest BCUT2D eigenvalue weighted by atomic mass is 79.9.